The van der Waals surface area contributed by atoms with Crippen molar-refractivity contribution < 1.29 is 4.79 Å². The molecule has 0 fully saturated rings. The third-order valence-corrected chi connectivity index (χ3v) is 1.68. The Balaban J connectivity index is 3.29. The summed E-state index contributed by atoms with van der Waals surface area (Å²) < 4.78 is 0. The summed E-state index contributed by atoms with van der Waals surface area (Å²) in [5, 5.41) is 3.06. The molecular weight excluding hydrogens is 150 g/mol. The monoisotopic (exact) mass is 155 g/mol. The van der Waals surface area contributed by atoms with Crippen LogP contribution in [0.15, 0.2) is 21.6 Å². The first-order chi connectivity index (χ1) is 4.72. The Morgan fingerprint density at radius 3 is 2.70 bits per heavy atom. The van der Waals surface area contributed by atoms with Gasteiger partial charge in [-0.1, -0.05) is 0 Å². The van der Waals surface area contributed by atoms with E-state index in [2.05, 4.69) is 0 Å². The van der Waals surface area contributed by atoms with Crippen molar-refractivity contribution in [3.8, 4) is 0 Å². The van der Waals surface area contributed by atoms with E-state index in [0.29, 0.717) is 0 Å². The van der Waals surface area contributed by atoms with E-state index >= 15 is 0 Å². The Morgan fingerprint density at radius 1 is 1.60 bits per heavy atom. The van der Waals surface area contributed by atoms with Gasteiger partial charge in [0.25, 0.3) is 5.91 Å². The van der Waals surface area contributed by atoms with Crippen LogP contribution >= 0.6 is 11.3 Å². The minimum atomic E-state index is -0.665. The number of nitrogens with two attached hydrogens (primary N) is 1. The summed E-state index contributed by atoms with van der Waals surface area (Å²) >= 11 is 1.27. The summed E-state index contributed by atoms with van der Waals surface area (Å²) in [6.45, 7) is 0. The quantitative estimate of drug-likeness (QED) is 0.630. The van der Waals surface area contributed by atoms with Gasteiger partial charge in [-0.25, -0.2) is 0 Å². The first-order valence-corrected chi connectivity index (χ1v) is 3.52. The number of amides is 1. The van der Waals surface area contributed by atoms with Crippen LogP contribution in [0.2, 0.25) is 0 Å². The van der Waals surface area contributed by atoms with Crippen LogP contribution in [0.25, 0.3) is 0 Å². The van der Waals surface area contributed by atoms with E-state index < -0.39 is 5.91 Å². The first-order valence-electron chi connectivity index (χ1n) is 2.58. The number of hydrogen-bond donors (Lipinski definition) is 1. The SMILES string of the molecule is NC(=O)c1csccc1=O. The first kappa shape index (κ1) is 6.95. The van der Waals surface area contributed by atoms with Crippen LogP contribution in [0, 0.1) is 0 Å². The maximum atomic E-state index is 10.8. The fourth-order valence-electron chi connectivity index (χ4n) is 0.536. The molecule has 0 radical (unpaired) electrons. The summed E-state index contributed by atoms with van der Waals surface area (Å²) in [7, 11) is 0. The lowest BCUT2D eigenvalue weighted by Gasteiger charge is -1.88. The van der Waals surface area contributed by atoms with E-state index in [0.717, 1.165) is 0 Å². The molecule has 0 saturated carbocycles. The maximum Gasteiger partial charge on any atom is 0.253 e. The lowest BCUT2D eigenvalue weighted by atomic mass is 10.3. The molecule has 2 N–H and O–H groups in total. The predicted octanol–water partition coefficient (Wildman–Crippen LogP) is 0.207. The zero-order valence-corrected chi connectivity index (χ0v) is 5.85. The molecule has 0 spiro atoms. The number of hydrogen-bond acceptors (Lipinski definition) is 3. The van der Waals surface area contributed by atoms with Gasteiger partial charge in [-0.3, -0.25) is 9.59 Å². The molecule has 1 aromatic heterocycles. The molecule has 1 heterocycles. The van der Waals surface area contributed by atoms with Crippen molar-refractivity contribution in [2.24, 2.45) is 5.73 Å². The van der Waals surface area contributed by atoms with Gasteiger partial charge in [-0.15, -0.1) is 0 Å². The van der Waals surface area contributed by atoms with Gasteiger partial charge in [0.1, 0.15) is 0 Å². The molecule has 0 atom stereocenters. The van der Waals surface area contributed by atoms with Gasteiger partial charge in [0, 0.05) is 5.38 Å². The number of primary amides is 1. The summed E-state index contributed by atoms with van der Waals surface area (Å²) in [6, 6.07) is 1.32. The van der Waals surface area contributed by atoms with Gasteiger partial charge >= 0.3 is 0 Å². The lowest BCUT2D eigenvalue weighted by molar-refractivity contribution is 0.0999. The molecule has 0 aliphatic heterocycles. The van der Waals surface area contributed by atoms with E-state index in [1.54, 1.807) is 5.38 Å². The standard InChI is InChI=1S/C6H5NO2S/c7-6(9)4-3-10-2-1-5(4)8/h1-3H,(H2,7,9). The fourth-order valence-corrected chi connectivity index (χ4v) is 1.18. The Hall–Kier alpha value is -1.16. The Morgan fingerprint density at radius 2 is 2.30 bits per heavy atom. The molecular formula is C6H5NO2S. The van der Waals surface area contributed by atoms with E-state index in [-0.39, 0.29) is 11.0 Å². The van der Waals surface area contributed by atoms with E-state index in [4.69, 9.17) is 5.73 Å². The smallest absolute Gasteiger partial charge is 0.253 e. The minimum Gasteiger partial charge on any atom is -0.365 e. The van der Waals surface area contributed by atoms with E-state index in [1.807, 2.05) is 0 Å². The van der Waals surface area contributed by atoms with Crippen molar-refractivity contribution in [2.75, 3.05) is 0 Å². The van der Waals surface area contributed by atoms with Crippen LogP contribution in [-0.2, 0) is 0 Å². The molecule has 1 rings (SSSR count). The zero-order chi connectivity index (χ0) is 7.56. The molecule has 0 bridgehead atoms. The summed E-state index contributed by atoms with van der Waals surface area (Å²) in [6.07, 6.45) is 0. The van der Waals surface area contributed by atoms with Crippen LogP contribution < -0.4 is 11.2 Å². The molecule has 0 aromatic carbocycles. The molecule has 1 aromatic rings. The van der Waals surface area contributed by atoms with Gasteiger partial charge in [-0.2, -0.15) is 11.3 Å². The van der Waals surface area contributed by atoms with Crippen molar-refractivity contribution >= 4 is 17.2 Å². The van der Waals surface area contributed by atoms with Gasteiger partial charge in [0.15, 0.2) is 5.43 Å². The highest BCUT2D eigenvalue weighted by Crippen LogP contribution is 1.95. The largest absolute Gasteiger partial charge is 0.365 e. The molecule has 3 nitrogen and oxygen atoms in total. The van der Waals surface area contributed by atoms with Gasteiger partial charge in [-0.05, 0) is 11.4 Å². The van der Waals surface area contributed by atoms with Crippen LogP contribution in [0.4, 0.5) is 0 Å². The molecule has 0 saturated heterocycles. The predicted molar refractivity (Wildman–Crippen MR) is 39.1 cm³/mol. The Kier molecular flexibility index (Phi) is 1.82. The third-order valence-electron chi connectivity index (χ3n) is 1.01. The lowest BCUT2D eigenvalue weighted by Crippen LogP contribution is -2.19. The fraction of sp³-hybridized carbons (Fsp3) is 0. The van der Waals surface area contributed by atoms with Crippen molar-refractivity contribution in [1.29, 1.82) is 0 Å². The highest BCUT2D eigenvalue weighted by atomic mass is 32.1. The molecule has 10 heavy (non-hydrogen) atoms. The third kappa shape index (κ3) is 1.22. The molecule has 4 heteroatoms. The maximum absolute atomic E-state index is 10.8. The highest BCUT2D eigenvalue weighted by molar-refractivity contribution is 7.07. The van der Waals surface area contributed by atoms with Gasteiger partial charge in [0.2, 0.25) is 0 Å². The molecule has 52 valence electrons. The average molecular weight is 155 g/mol. The van der Waals surface area contributed by atoms with Gasteiger partial charge in [0.05, 0.1) is 5.56 Å². The van der Waals surface area contributed by atoms with E-state index in [1.165, 1.54) is 22.8 Å². The second-order valence-corrected chi connectivity index (χ2v) is 2.48. The molecule has 0 aliphatic carbocycles. The summed E-state index contributed by atoms with van der Waals surface area (Å²) in [5.41, 5.74) is 4.63. The topological polar surface area (TPSA) is 60.2 Å². The van der Waals surface area contributed by atoms with Crippen molar-refractivity contribution in [2.45, 2.75) is 0 Å². The van der Waals surface area contributed by atoms with Crippen LogP contribution in [-0.4, -0.2) is 5.91 Å². The molecule has 0 unspecified atom stereocenters. The van der Waals surface area contributed by atoms with Crippen molar-refractivity contribution in [3.05, 3.63) is 32.6 Å². The van der Waals surface area contributed by atoms with Crippen LogP contribution in [0.3, 0.4) is 0 Å². The van der Waals surface area contributed by atoms with Crippen molar-refractivity contribution in [1.82, 2.24) is 0 Å². The van der Waals surface area contributed by atoms with Gasteiger partial charge < -0.3 is 5.73 Å². The van der Waals surface area contributed by atoms with Crippen LogP contribution in [0.5, 0.6) is 0 Å². The zero-order valence-electron chi connectivity index (χ0n) is 5.03. The normalized spacial score (nSPS) is 9.20. The van der Waals surface area contributed by atoms with Crippen molar-refractivity contribution in [3.63, 3.8) is 0 Å². The van der Waals surface area contributed by atoms with Crippen LogP contribution in [0.1, 0.15) is 10.4 Å². The number of carbonyl (C=O) groups is 1. The number of rotatable bonds is 1. The summed E-state index contributed by atoms with van der Waals surface area (Å²) in [5.74, 6) is -0.665. The minimum absolute atomic E-state index is 0.0625. The molecule has 0 aliphatic rings. The second kappa shape index (κ2) is 2.62. The Labute approximate surface area is 61.1 Å². The van der Waals surface area contributed by atoms with E-state index in [9.17, 15) is 9.59 Å². The Bertz CT molecular complexity index is 305. The molecule has 1 amide bonds. The highest BCUT2D eigenvalue weighted by Gasteiger charge is 2.02. The number of carbonyl (C=O) groups excluding carboxylic acids is 1. The summed E-state index contributed by atoms with van der Waals surface area (Å²) in [4.78, 5) is 21.2. The average Bonchev–Trinajstić information content (AvgIpc) is 1.88. The second-order valence-electron chi connectivity index (χ2n) is 1.70.